The molecule has 0 aliphatic carbocycles. The van der Waals surface area contributed by atoms with E-state index in [9.17, 15) is 26.3 Å². The van der Waals surface area contributed by atoms with Crippen LogP contribution in [0.1, 0.15) is 22.5 Å². The smallest absolute Gasteiger partial charge is 0.395 e. The number of pyridine rings is 1. The molecule has 0 saturated heterocycles. The van der Waals surface area contributed by atoms with Gasteiger partial charge in [-0.3, -0.25) is 10.8 Å². The maximum Gasteiger partial charge on any atom is 0.430 e. The number of aromatic nitrogens is 1. The second kappa shape index (κ2) is 8.85. The standard InChI is InChI=1S/C21H19F6N5/c1-10-4-3-5-11(2)19(10)12-6-15(13(28)8-17(30)20(22,23)24)32-16(7-12)14(29)9-18(31)21(25,26)27/h3-9,28-29H,30-31H2,1-2H3. The summed E-state index contributed by atoms with van der Waals surface area (Å²) in [6.07, 6.45) is -9.06. The third-order valence-corrected chi connectivity index (χ3v) is 4.40. The average Bonchev–Trinajstić information content (AvgIpc) is 2.66. The van der Waals surface area contributed by atoms with Crippen LogP contribution in [0.4, 0.5) is 26.3 Å². The molecule has 0 fully saturated rings. The first-order valence-electron chi connectivity index (χ1n) is 8.96. The first-order valence-corrected chi connectivity index (χ1v) is 8.96. The number of hydrogen-bond donors (Lipinski definition) is 4. The minimum atomic E-state index is -4.88. The van der Waals surface area contributed by atoms with Crippen molar-refractivity contribution in [3.8, 4) is 11.1 Å². The number of hydrogen-bond acceptors (Lipinski definition) is 5. The van der Waals surface area contributed by atoms with Gasteiger partial charge in [-0.15, -0.1) is 0 Å². The zero-order valence-electron chi connectivity index (χ0n) is 16.9. The van der Waals surface area contributed by atoms with Gasteiger partial charge in [-0.1, -0.05) is 18.2 Å². The Labute approximate surface area is 179 Å². The lowest BCUT2D eigenvalue weighted by atomic mass is 9.94. The Morgan fingerprint density at radius 1 is 0.812 bits per heavy atom. The van der Waals surface area contributed by atoms with E-state index in [-0.39, 0.29) is 11.4 Å². The molecule has 11 heteroatoms. The Morgan fingerprint density at radius 2 is 1.19 bits per heavy atom. The van der Waals surface area contributed by atoms with Gasteiger partial charge in [-0.2, -0.15) is 26.3 Å². The van der Waals surface area contributed by atoms with Crippen LogP contribution in [0.15, 0.2) is 53.9 Å². The van der Waals surface area contributed by atoms with Crippen molar-refractivity contribution in [2.45, 2.75) is 26.2 Å². The van der Waals surface area contributed by atoms with E-state index < -0.39 is 35.2 Å². The van der Waals surface area contributed by atoms with Crippen LogP contribution in [0.5, 0.6) is 0 Å². The number of aryl methyl sites for hydroxylation is 2. The van der Waals surface area contributed by atoms with Gasteiger partial charge in [0.05, 0.1) is 22.8 Å². The van der Waals surface area contributed by atoms with Gasteiger partial charge in [-0.05, 0) is 60.4 Å². The van der Waals surface area contributed by atoms with Crippen LogP contribution < -0.4 is 11.5 Å². The highest BCUT2D eigenvalue weighted by Crippen LogP contribution is 2.29. The average molecular weight is 455 g/mol. The Hall–Kier alpha value is -3.63. The van der Waals surface area contributed by atoms with E-state index in [1.807, 2.05) is 0 Å². The zero-order chi connectivity index (χ0) is 24.4. The third-order valence-electron chi connectivity index (χ3n) is 4.40. The first-order chi connectivity index (χ1) is 14.6. The van der Waals surface area contributed by atoms with Crippen molar-refractivity contribution in [3.63, 3.8) is 0 Å². The van der Waals surface area contributed by atoms with Gasteiger partial charge in [0.1, 0.15) is 11.4 Å². The molecule has 0 bridgehead atoms. The van der Waals surface area contributed by atoms with Crippen LogP contribution >= 0.6 is 0 Å². The number of alkyl halides is 6. The van der Waals surface area contributed by atoms with Crippen LogP contribution in [0, 0.1) is 24.7 Å². The molecular weight excluding hydrogens is 436 g/mol. The van der Waals surface area contributed by atoms with Crippen LogP contribution in [0.2, 0.25) is 0 Å². The van der Waals surface area contributed by atoms with Crippen molar-refractivity contribution in [1.82, 2.24) is 4.98 Å². The quantitative estimate of drug-likeness (QED) is 0.380. The van der Waals surface area contributed by atoms with Crippen molar-refractivity contribution in [1.29, 1.82) is 10.8 Å². The predicted molar refractivity (Wildman–Crippen MR) is 109 cm³/mol. The lowest BCUT2D eigenvalue weighted by molar-refractivity contribution is -0.0933. The molecule has 0 radical (unpaired) electrons. The lowest BCUT2D eigenvalue weighted by Crippen LogP contribution is -2.21. The topological polar surface area (TPSA) is 113 Å². The second-order valence-corrected chi connectivity index (χ2v) is 6.92. The van der Waals surface area contributed by atoms with Gasteiger partial charge >= 0.3 is 12.4 Å². The molecule has 1 heterocycles. The van der Waals surface area contributed by atoms with Crippen molar-refractivity contribution in [3.05, 3.63) is 76.4 Å². The molecule has 0 aliphatic heterocycles. The molecule has 0 amide bonds. The Morgan fingerprint density at radius 3 is 1.53 bits per heavy atom. The molecule has 6 N–H and O–H groups in total. The van der Waals surface area contributed by atoms with Gasteiger partial charge in [0.15, 0.2) is 0 Å². The largest absolute Gasteiger partial charge is 0.430 e. The molecule has 1 aromatic carbocycles. The second-order valence-electron chi connectivity index (χ2n) is 6.92. The fourth-order valence-electron chi connectivity index (χ4n) is 2.84. The molecule has 2 aromatic rings. The van der Waals surface area contributed by atoms with Gasteiger partial charge in [0.25, 0.3) is 0 Å². The first kappa shape index (κ1) is 24.6. The molecule has 2 rings (SSSR count). The van der Waals surface area contributed by atoms with E-state index in [0.29, 0.717) is 23.3 Å². The molecule has 32 heavy (non-hydrogen) atoms. The van der Waals surface area contributed by atoms with E-state index in [2.05, 4.69) is 4.98 Å². The SMILES string of the molecule is Cc1cccc(C)c1-c1cc(C(=N)C=C(N)C(F)(F)F)nc(C(=N)C=C(N)C(F)(F)F)c1. The van der Waals surface area contributed by atoms with Crippen molar-refractivity contribution in [2.24, 2.45) is 11.5 Å². The predicted octanol–water partition coefficient (Wildman–Crippen LogP) is 4.91. The number of allylic oxidation sites excluding steroid dienone is 4. The molecule has 0 aliphatic rings. The highest BCUT2D eigenvalue weighted by atomic mass is 19.4. The number of halogens is 6. The highest BCUT2D eigenvalue weighted by Gasteiger charge is 2.32. The summed E-state index contributed by atoms with van der Waals surface area (Å²) in [5.41, 5.74) is 7.31. The number of nitrogens with two attached hydrogens (primary N) is 2. The van der Waals surface area contributed by atoms with Gasteiger partial charge in [0.2, 0.25) is 0 Å². The Kier molecular flexibility index (Phi) is 6.82. The molecule has 5 nitrogen and oxygen atoms in total. The van der Waals surface area contributed by atoms with Crippen LogP contribution in [0.25, 0.3) is 11.1 Å². The van der Waals surface area contributed by atoms with Gasteiger partial charge < -0.3 is 11.5 Å². The number of nitrogens with zero attached hydrogens (tertiary/aromatic N) is 1. The van der Waals surface area contributed by atoms with Crippen LogP contribution in [0.3, 0.4) is 0 Å². The minimum Gasteiger partial charge on any atom is -0.395 e. The molecule has 1 aromatic heterocycles. The summed E-state index contributed by atoms with van der Waals surface area (Å²) in [5, 5.41) is 16.0. The van der Waals surface area contributed by atoms with Gasteiger partial charge in [0, 0.05) is 0 Å². The van der Waals surface area contributed by atoms with E-state index >= 15 is 0 Å². The normalized spacial score (nSPS) is 13.2. The minimum absolute atomic E-state index is 0.309. The lowest BCUT2D eigenvalue weighted by Gasteiger charge is -2.14. The number of nitrogens with one attached hydrogen (secondary N) is 2. The van der Waals surface area contributed by atoms with E-state index in [4.69, 9.17) is 22.3 Å². The maximum atomic E-state index is 12.8. The van der Waals surface area contributed by atoms with E-state index in [1.165, 1.54) is 12.1 Å². The summed E-state index contributed by atoms with van der Waals surface area (Å²) in [6, 6.07) is 7.93. The van der Waals surface area contributed by atoms with Crippen molar-refractivity contribution >= 4 is 11.4 Å². The molecule has 0 unspecified atom stereocenters. The van der Waals surface area contributed by atoms with E-state index in [1.54, 1.807) is 32.0 Å². The maximum absolute atomic E-state index is 12.8. The van der Waals surface area contributed by atoms with Crippen LogP contribution in [-0.2, 0) is 0 Å². The number of rotatable bonds is 5. The summed E-state index contributed by atoms with van der Waals surface area (Å²) in [7, 11) is 0. The fraction of sp³-hybridized carbons (Fsp3) is 0.190. The van der Waals surface area contributed by atoms with Crippen molar-refractivity contribution in [2.75, 3.05) is 0 Å². The molecule has 0 atom stereocenters. The highest BCUT2D eigenvalue weighted by molar-refractivity contribution is 6.10. The van der Waals surface area contributed by atoms with Crippen molar-refractivity contribution < 1.29 is 26.3 Å². The summed E-state index contributed by atoms with van der Waals surface area (Å²) in [4.78, 5) is 3.90. The number of benzene rings is 1. The molecule has 0 saturated carbocycles. The molecule has 0 spiro atoms. The summed E-state index contributed by atoms with van der Waals surface area (Å²) >= 11 is 0. The zero-order valence-corrected chi connectivity index (χ0v) is 16.9. The Bertz CT molecular complexity index is 1050. The summed E-state index contributed by atoms with van der Waals surface area (Å²) in [5.74, 6) is 0. The third kappa shape index (κ3) is 5.74. The van der Waals surface area contributed by atoms with Gasteiger partial charge in [-0.25, -0.2) is 4.98 Å². The Balaban J connectivity index is 2.72. The fourth-order valence-corrected chi connectivity index (χ4v) is 2.84. The summed E-state index contributed by atoms with van der Waals surface area (Å²) in [6.45, 7) is 3.53. The summed E-state index contributed by atoms with van der Waals surface area (Å²) < 4.78 is 76.6. The van der Waals surface area contributed by atoms with E-state index in [0.717, 1.165) is 11.1 Å². The molecular formula is C21H19F6N5. The van der Waals surface area contributed by atoms with Crippen LogP contribution in [-0.4, -0.2) is 28.8 Å². The monoisotopic (exact) mass is 455 g/mol. The molecule has 170 valence electrons.